The number of aryl methyl sites for hydroxylation is 2. The van der Waals surface area contributed by atoms with Crippen molar-refractivity contribution in [3.8, 4) is 0 Å². The molecule has 4 atom stereocenters. The number of nitrogens with one attached hydrogen (secondary N) is 3. The molecule has 1 spiro atoms. The van der Waals surface area contributed by atoms with Gasteiger partial charge in [-0.25, -0.2) is 8.78 Å². The minimum atomic E-state index is -4.87. The Bertz CT molecular complexity index is 1600. The molecule has 2 heterocycles. The molecule has 3 unspecified atom stereocenters. The van der Waals surface area contributed by atoms with Crippen molar-refractivity contribution in [3.05, 3.63) is 88.3 Å². The Kier molecular flexibility index (Phi) is 10.6. The second-order valence-electron chi connectivity index (χ2n) is 13.6. The van der Waals surface area contributed by atoms with E-state index in [-0.39, 0.29) is 29.2 Å². The highest BCUT2D eigenvalue weighted by Crippen LogP contribution is 2.51. The zero-order valence-corrected chi connectivity index (χ0v) is 27.4. The lowest BCUT2D eigenvalue weighted by molar-refractivity contribution is -0.140. The molecule has 1 aromatic heterocycles. The molecule has 256 valence electrons. The number of piperidine rings is 1. The molecule has 5 rings (SSSR count). The van der Waals surface area contributed by atoms with Gasteiger partial charge in [0.25, 0.3) is 0 Å². The number of carbonyl (C=O) groups excluding carboxylic acids is 1. The summed E-state index contributed by atoms with van der Waals surface area (Å²) in [4.78, 5) is 14.6. The Morgan fingerprint density at radius 2 is 1.68 bits per heavy atom. The number of hydrogen-bond acceptors (Lipinski definition) is 3. The van der Waals surface area contributed by atoms with Crippen molar-refractivity contribution >= 4 is 5.91 Å². The second-order valence-corrected chi connectivity index (χ2v) is 13.6. The van der Waals surface area contributed by atoms with Crippen LogP contribution >= 0.6 is 0 Å². The molecule has 2 aliphatic rings. The van der Waals surface area contributed by atoms with Crippen molar-refractivity contribution in [3.63, 3.8) is 0 Å². The van der Waals surface area contributed by atoms with E-state index in [9.17, 15) is 26.7 Å². The van der Waals surface area contributed by atoms with E-state index in [1.165, 1.54) is 24.6 Å². The lowest BCUT2D eigenvalue weighted by atomic mass is 9.58. The van der Waals surface area contributed by atoms with E-state index in [2.05, 4.69) is 10.6 Å². The molecule has 6 nitrogen and oxygen atoms in total. The molecule has 2 aromatic carbocycles. The van der Waals surface area contributed by atoms with E-state index in [0.29, 0.717) is 18.6 Å². The Morgan fingerprint density at radius 1 is 1.02 bits per heavy atom. The van der Waals surface area contributed by atoms with Crippen molar-refractivity contribution in [1.82, 2.24) is 19.8 Å². The van der Waals surface area contributed by atoms with Crippen molar-refractivity contribution in [1.29, 1.82) is 5.41 Å². The number of carbonyl (C=O) groups is 1. The minimum absolute atomic E-state index is 0.0390. The quantitative estimate of drug-likeness (QED) is 0.235. The molecule has 1 aliphatic carbocycles. The molecular formula is C36H46F5N5O. The summed E-state index contributed by atoms with van der Waals surface area (Å²) in [6.45, 7) is 3.98. The number of nitrogens with zero attached hydrogens (tertiary/aromatic N) is 2. The van der Waals surface area contributed by atoms with Gasteiger partial charge >= 0.3 is 6.18 Å². The van der Waals surface area contributed by atoms with Crippen molar-refractivity contribution in [2.45, 2.75) is 109 Å². The Balaban J connectivity index is 1.57. The molecule has 1 saturated carbocycles. The van der Waals surface area contributed by atoms with E-state index in [4.69, 9.17) is 5.41 Å². The third-order valence-corrected chi connectivity index (χ3v) is 10.6. The number of imidazole rings is 1. The fraction of sp³-hybridized carbons (Fsp3) is 0.556. The summed E-state index contributed by atoms with van der Waals surface area (Å²) in [7, 11) is 1.82. The topological polar surface area (TPSA) is 74.8 Å². The molecule has 3 N–H and O–H groups in total. The van der Waals surface area contributed by atoms with Crippen LogP contribution in [0, 0.1) is 35.3 Å². The molecule has 0 bridgehead atoms. The van der Waals surface area contributed by atoms with Crippen LogP contribution in [0.4, 0.5) is 22.0 Å². The van der Waals surface area contributed by atoms with Crippen LogP contribution < -0.4 is 16.3 Å². The summed E-state index contributed by atoms with van der Waals surface area (Å²) in [5, 5.41) is 15.4. The maximum atomic E-state index is 14.6. The fourth-order valence-corrected chi connectivity index (χ4v) is 7.96. The van der Waals surface area contributed by atoms with E-state index in [0.717, 1.165) is 74.6 Å². The maximum Gasteiger partial charge on any atom is 0.419 e. The molecule has 11 heteroatoms. The summed E-state index contributed by atoms with van der Waals surface area (Å²) < 4.78 is 72.6. The van der Waals surface area contributed by atoms with Gasteiger partial charge in [0.05, 0.1) is 17.6 Å². The molecule has 47 heavy (non-hydrogen) atoms. The SMILES string of the molecule is Cc1cc(F)ccc1C1CC(Cn2ccn(C)c2=N)C2(CCCCCCCCC2)C(C(=O)N[C@H](C)c2ccc(F)c(C(F)(F)F)c2)N1. The summed E-state index contributed by atoms with van der Waals surface area (Å²) in [6, 6.07) is 5.67. The van der Waals surface area contributed by atoms with Gasteiger partial charge in [-0.3, -0.25) is 15.5 Å². The largest absolute Gasteiger partial charge is 0.419 e. The highest BCUT2D eigenvalue weighted by Gasteiger charge is 2.52. The Morgan fingerprint density at radius 3 is 2.28 bits per heavy atom. The summed E-state index contributed by atoms with van der Waals surface area (Å²) in [5.41, 5.74) is 0.266. The van der Waals surface area contributed by atoms with E-state index in [1.807, 2.05) is 30.9 Å². The normalized spacial score (nSPS) is 22.9. The lowest BCUT2D eigenvalue weighted by Crippen LogP contribution is -2.63. The molecule has 1 amide bonds. The van der Waals surface area contributed by atoms with Crippen LogP contribution in [0.15, 0.2) is 48.8 Å². The fourth-order valence-electron chi connectivity index (χ4n) is 7.96. The minimum Gasteiger partial charge on any atom is -0.348 e. The lowest BCUT2D eigenvalue weighted by Gasteiger charge is -2.53. The molecule has 1 saturated heterocycles. The maximum absolute atomic E-state index is 14.6. The van der Waals surface area contributed by atoms with Gasteiger partial charge in [0.2, 0.25) is 11.5 Å². The van der Waals surface area contributed by atoms with E-state index >= 15 is 0 Å². The predicted molar refractivity (Wildman–Crippen MR) is 170 cm³/mol. The number of benzene rings is 2. The standard InChI is InChI=1S/C36H46F5N5O/c1-23-19-27(37)12-13-28(23)31-21-26(22-46-18-17-45(3)34(46)42)35(15-9-7-5-4-6-8-10-16-35)32(44-31)33(47)43-24(2)25-11-14-30(38)29(20-25)36(39,40)41/h11-14,17-20,24,26,31-32,42,44H,4-10,15-16,21-22H2,1-3H3,(H,43,47)/t24-,26?,31?,32?/m1/s1. The van der Waals surface area contributed by atoms with E-state index in [1.54, 1.807) is 17.6 Å². The predicted octanol–water partition coefficient (Wildman–Crippen LogP) is 8.02. The van der Waals surface area contributed by atoms with Gasteiger partial charge in [-0.15, -0.1) is 0 Å². The first kappa shape index (κ1) is 34.9. The first-order valence-corrected chi connectivity index (χ1v) is 16.8. The van der Waals surface area contributed by atoms with Crippen LogP contribution in [0.5, 0.6) is 0 Å². The van der Waals surface area contributed by atoms with Gasteiger partial charge in [0, 0.05) is 32.0 Å². The van der Waals surface area contributed by atoms with Crippen LogP contribution in [-0.2, 0) is 24.6 Å². The zero-order chi connectivity index (χ0) is 33.9. The number of aromatic nitrogens is 2. The van der Waals surface area contributed by atoms with Gasteiger partial charge < -0.3 is 14.5 Å². The van der Waals surface area contributed by atoms with Crippen LogP contribution in [0.25, 0.3) is 0 Å². The highest BCUT2D eigenvalue weighted by molar-refractivity contribution is 5.83. The van der Waals surface area contributed by atoms with Crippen molar-refractivity contribution in [2.24, 2.45) is 18.4 Å². The number of hydrogen-bond donors (Lipinski definition) is 3. The van der Waals surface area contributed by atoms with Crippen LogP contribution in [0.1, 0.15) is 105 Å². The number of rotatable bonds is 6. The molecule has 2 fully saturated rings. The van der Waals surface area contributed by atoms with Crippen LogP contribution in [0.3, 0.4) is 0 Å². The van der Waals surface area contributed by atoms with Crippen molar-refractivity contribution in [2.75, 3.05) is 0 Å². The zero-order valence-electron chi connectivity index (χ0n) is 27.4. The van der Waals surface area contributed by atoms with Crippen LogP contribution in [0.2, 0.25) is 0 Å². The summed E-state index contributed by atoms with van der Waals surface area (Å²) in [5.74, 6) is -2.07. The highest BCUT2D eigenvalue weighted by atomic mass is 19.4. The molecular weight excluding hydrogens is 613 g/mol. The molecule has 0 radical (unpaired) electrons. The smallest absolute Gasteiger partial charge is 0.348 e. The van der Waals surface area contributed by atoms with E-state index < -0.39 is 35.1 Å². The van der Waals surface area contributed by atoms with Gasteiger partial charge in [-0.1, -0.05) is 57.1 Å². The summed E-state index contributed by atoms with van der Waals surface area (Å²) in [6.07, 6.45) is 8.45. The number of alkyl halides is 3. The van der Waals surface area contributed by atoms with Gasteiger partial charge in [-0.2, -0.15) is 13.2 Å². The first-order valence-electron chi connectivity index (χ1n) is 16.8. The Labute approximate surface area is 273 Å². The van der Waals surface area contributed by atoms with Gasteiger partial charge in [0.15, 0.2) is 0 Å². The second kappa shape index (κ2) is 14.3. The average molecular weight is 660 g/mol. The number of halogens is 5. The third kappa shape index (κ3) is 7.66. The average Bonchev–Trinajstić information content (AvgIpc) is 3.33. The Hall–Kier alpha value is -3.47. The molecule has 1 aliphatic heterocycles. The summed E-state index contributed by atoms with van der Waals surface area (Å²) >= 11 is 0. The third-order valence-electron chi connectivity index (χ3n) is 10.6. The van der Waals surface area contributed by atoms with Crippen molar-refractivity contribution < 1.29 is 26.7 Å². The monoisotopic (exact) mass is 659 g/mol. The first-order chi connectivity index (χ1) is 22.3. The van der Waals surface area contributed by atoms with Gasteiger partial charge in [-0.05, 0) is 85.4 Å². The van der Waals surface area contributed by atoms with Gasteiger partial charge in [0.1, 0.15) is 11.6 Å². The number of amides is 1. The van der Waals surface area contributed by atoms with Crippen LogP contribution in [-0.4, -0.2) is 21.1 Å². The molecule has 3 aromatic rings.